The zero-order chi connectivity index (χ0) is 17.0. The van der Waals surface area contributed by atoms with Gasteiger partial charge in [0.05, 0.1) is 6.07 Å². The second kappa shape index (κ2) is 7.27. The topological polar surface area (TPSA) is 73.2 Å². The number of nitrogens with zero attached hydrogens (tertiary/aromatic N) is 2. The molecule has 1 aromatic rings. The number of hydrogen-bond donors (Lipinski definition) is 1. The van der Waals surface area contributed by atoms with Gasteiger partial charge in [-0.05, 0) is 36.6 Å². The molecule has 2 amide bonds. The van der Waals surface area contributed by atoms with Crippen molar-refractivity contribution >= 4 is 29.3 Å². The maximum Gasteiger partial charge on any atom is 0.227 e. The SMILES string of the molecule is N#C[C@@]1(NC(=O)CCCN2C(=O)CCc3ccccc32)CCSC1. The smallest absolute Gasteiger partial charge is 0.227 e. The number of nitrogens with one attached hydrogen (secondary N) is 1. The van der Waals surface area contributed by atoms with E-state index in [4.69, 9.17) is 0 Å². The second-order valence-corrected chi connectivity index (χ2v) is 7.43. The molecule has 0 spiro atoms. The molecule has 2 aliphatic heterocycles. The van der Waals surface area contributed by atoms with Crippen LogP contribution in [-0.4, -0.2) is 35.4 Å². The molecule has 1 saturated heterocycles. The normalized spacial score (nSPS) is 22.8. The average Bonchev–Trinajstić information content (AvgIpc) is 3.06. The largest absolute Gasteiger partial charge is 0.337 e. The van der Waals surface area contributed by atoms with Crippen LogP contribution in [0, 0.1) is 11.3 Å². The van der Waals surface area contributed by atoms with Crippen molar-refractivity contribution in [2.45, 2.75) is 37.6 Å². The van der Waals surface area contributed by atoms with Gasteiger partial charge < -0.3 is 10.2 Å². The van der Waals surface area contributed by atoms with Crippen molar-refractivity contribution in [3.8, 4) is 6.07 Å². The maximum absolute atomic E-state index is 12.2. The molecular formula is C18H21N3O2S. The van der Waals surface area contributed by atoms with Gasteiger partial charge in [-0.15, -0.1) is 0 Å². The molecule has 1 N–H and O–H groups in total. The van der Waals surface area contributed by atoms with Gasteiger partial charge in [-0.2, -0.15) is 17.0 Å². The first kappa shape index (κ1) is 16.8. The van der Waals surface area contributed by atoms with E-state index in [2.05, 4.69) is 17.5 Å². The fourth-order valence-corrected chi connectivity index (χ4v) is 4.52. The summed E-state index contributed by atoms with van der Waals surface area (Å²) in [6.07, 6.45) is 2.95. The summed E-state index contributed by atoms with van der Waals surface area (Å²) >= 11 is 1.70. The van der Waals surface area contributed by atoms with Gasteiger partial charge in [0.2, 0.25) is 11.8 Å². The van der Waals surface area contributed by atoms with Crippen molar-refractivity contribution < 1.29 is 9.59 Å². The van der Waals surface area contributed by atoms with Crippen molar-refractivity contribution in [1.82, 2.24) is 5.32 Å². The van der Waals surface area contributed by atoms with E-state index in [0.29, 0.717) is 38.0 Å². The van der Waals surface area contributed by atoms with Gasteiger partial charge in [0, 0.05) is 30.8 Å². The fourth-order valence-electron chi connectivity index (χ4n) is 3.25. The van der Waals surface area contributed by atoms with Crippen LogP contribution in [0.5, 0.6) is 0 Å². The van der Waals surface area contributed by atoms with E-state index in [-0.39, 0.29) is 11.8 Å². The number of carbonyl (C=O) groups is 2. The van der Waals surface area contributed by atoms with Crippen LogP contribution < -0.4 is 10.2 Å². The third-order valence-corrected chi connectivity index (χ3v) is 5.78. The Bertz CT molecular complexity index is 677. The first-order chi connectivity index (χ1) is 11.6. The number of thioether (sulfide) groups is 1. The lowest BCUT2D eigenvalue weighted by Crippen LogP contribution is -2.47. The maximum atomic E-state index is 12.2. The van der Waals surface area contributed by atoms with Crippen LogP contribution >= 0.6 is 11.8 Å². The van der Waals surface area contributed by atoms with E-state index in [1.807, 2.05) is 18.2 Å². The van der Waals surface area contributed by atoms with Crippen molar-refractivity contribution in [1.29, 1.82) is 5.26 Å². The summed E-state index contributed by atoms with van der Waals surface area (Å²) in [6.45, 7) is 0.539. The lowest BCUT2D eigenvalue weighted by Gasteiger charge is -2.29. The third kappa shape index (κ3) is 3.57. The van der Waals surface area contributed by atoms with Crippen molar-refractivity contribution in [2.75, 3.05) is 23.0 Å². The number of anilines is 1. The lowest BCUT2D eigenvalue weighted by molar-refractivity contribution is -0.123. The van der Waals surface area contributed by atoms with E-state index in [1.165, 1.54) is 5.56 Å². The molecule has 1 aromatic carbocycles. The summed E-state index contributed by atoms with van der Waals surface area (Å²) in [6, 6.07) is 10.2. The molecule has 0 saturated carbocycles. The van der Waals surface area contributed by atoms with Gasteiger partial charge in [-0.3, -0.25) is 9.59 Å². The number of amides is 2. The van der Waals surface area contributed by atoms with Gasteiger partial charge in [-0.1, -0.05) is 18.2 Å². The Morgan fingerprint density at radius 1 is 1.38 bits per heavy atom. The standard InChI is InChI=1S/C18H21N3O2S/c19-12-18(9-11-24-13-18)20-16(22)6-3-10-21-15-5-2-1-4-14(15)7-8-17(21)23/h1-2,4-5H,3,6-11,13H2,(H,20,22)/t18-/m0/s1. The van der Waals surface area contributed by atoms with Gasteiger partial charge in [0.25, 0.3) is 0 Å². The summed E-state index contributed by atoms with van der Waals surface area (Å²) in [5.74, 6) is 1.59. The summed E-state index contributed by atoms with van der Waals surface area (Å²) in [7, 11) is 0. The zero-order valence-electron chi connectivity index (χ0n) is 13.6. The number of rotatable bonds is 5. The van der Waals surface area contributed by atoms with Gasteiger partial charge in [0.15, 0.2) is 0 Å². The number of benzene rings is 1. The number of hydrogen-bond acceptors (Lipinski definition) is 4. The molecule has 6 heteroatoms. The van der Waals surface area contributed by atoms with Crippen LogP contribution in [0.2, 0.25) is 0 Å². The van der Waals surface area contributed by atoms with Crippen LogP contribution in [0.15, 0.2) is 24.3 Å². The van der Waals surface area contributed by atoms with E-state index >= 15 is 0 Å². The molecule has 2 heterocycles. The van der Waals surface area contributed by atoms with Gasteiger partial charge in [-0.25, -0.2) is 0 Å². The first-order valence-corrected chi connectivity index (χ1v) is 9.47. The van der Waals surface area contributed by atoms with Crippen LogP contribution in [-0.2, 0) is 16.0 Å². The molecule has 0 unspecified atom stereocenters. The molecular weight excluding hydrogens is 322 g/mol. The van der Waals surface area contributed by atoms with E-state index in [0.717, 1.165) is 17.9 Å². The monoisotopic (exact) mass is 343 g/mol. The Morgan fingerprint density at radius 2 is 2.21 bits per heavy atom. The van der Waals surface area contributed by atoms with E-state index in [1.54, 1.807) is 16.7 Å². The summed E-state index contributed by atoms with van der Waals surface area (Å²) in [5.41, 5.74) is 1.46. The molecule has 0 aromatic heterocycles. The minimum atomic E-state index is -0.699. The summed E-state index contributed by atoms with van der Waals surface area (Å²) in [4.78, 5) is 26.1. The van der Waals surface area contributed by atoms with Crippen molar-refractivity contribution in [2.24, 2.45) is 0 Å². The third-order valence-electron chi connectivity index (χ3n) is 4.59. The number of nitriles is 1. The van der Waals surface area contributed by atoms with E-state index < -0.39 is 5.54 Å². The zero-order valence-corrected chi connectivity index (χ0v) is 14.4. The van der Waals surface area contributed by atoms with Gasteiger partial charge >= 0.3 is 0 Å². The Hall–Kier alpha value is -2.00. The van der Waals surface area contributed by atoms with Crippen LogP contribution in [0.25, 0.3) is 0 Å². The molecule has 2 aliphatic rings. The summed E-state index contributed by atoms with van der Waals surface area (Å²) in [5, 5.41) is 12.2. The predicted molar refractivity (Wildman–Crippen MR) is 94.8 cm³/mol. The number of carbonyl (C=O) groups excluding carboxylic acids is 2. The average molecular weight is 343 g/mol. The Kier molecular flexibility index (Phi) is 5.10. The lowest BCUT2D eigenvalue weighted by atomic mass is 10.00. The molecule has 0 radical (unpaired) electrons. The highest BCUT2D eigenvalue weighted by Crippen LogP contribution is 2.28. The molecule has 5 nitrogen and oxygen atoms in total. The fraction of sp³-hybridized carbons (Fsp3) is 0.500. The van der Waals surface area contributed by atoms with E-state index in [9.17, 15) is 14.9 Å². The molecule has 0 aliphatic carbocycles. The second-order valence-electron chi connectivity index (χ2n) is 6.32. The first-order valence-electron chi connectivity index (χ1n) is 8.32. The summed E-state index contributed by atoms with van der Waals surface area (Å²) < 4.78 is 0. The minimum Gasteiger partial charge on any atom is -0.337 e. The molecule has 1 fully saturated rings. The molecule has 1 atom stereocenters. The predicted octanol–water partition coefficient (Wildman–Crippen LogP) is 2.26. The molecule has 3 rings (SSSR count). The highest BCUT2D eigenvalue weighted by Gasteiger charge is 2.35. The number of para-hydroxylation sites is 1. The van der Waals surface area contributed by atoms with Crippen LogP contribution in [0.3, 0.4) is 0 Å². The Balaban J connectivity index is 1.54. The highest BCUT2D eigenvalue weighted by molar-refractivity contribution is 7.99. The van der Waals surface area contributed by atoms with Crippen LogP contribution in [0.1, 0.15) is 31.2 Å². The Labute approximate surface area is 146 Å². The minimum absolute atomic E-state index is 0.100. The number of aryl methyl sites for hydroxylation is 1. The number of fused-ring (bicyclic) bond motifs is 1. The molecule has 0 bridgehead atoms. The van der Waals surface area contributed by atoms with Crippen LogP contribution in [0.4, 0.5) is 5.69 Å². The Morgan fingerprint density at radius 3 is 2.96 bits per heavy atom. The quantitative estimate of drug-likeness (QED) is 0.890. The van der Waals surface area contributed by atoms with Crippen molar-refractivity contribution in [3.63, 3.8) is 0 Å². The molecule has 126 valence electrons. The molecule has 24 heavy (non-hydrogen) atoms. The van der Waals surface area contributed by atoms with Crippen molar-refractivity contribution in [3.05, 3.63) is 29.8 Å². The highest BCUT2D eigenvalue weighted by atomic mass is 32.2. The van der Waals surface area contributed by atoms with Gasteiger partial charge in [0.1, 0.15) is 5.54 Å².